The van der Waals surface area contributed by atoms with Crippen molar-refractivity contribution in [2.24, 2.45) is 0 Å². The number of nitrogens with zero attached hydrogens (tertiary/aromatic N) is 1. The van der Waals surface area contributed by atoms with Crippen molar-refractivity contribution in [3.05, 3.63) is 23.3 Å². The average Bonchev–Trinajstić information content (AvgIpc) is 2.42. The second-order valence-corrected chi connectivity index (χ2v) is 2.74. The Morgan fingerprint density at radius 3 is 3.00 bits per heavy atom. The number of fused-ring (bicyclic) bond motifs is 1. The van der Waals surface area contributed by atoms with E-state index < -0.39 is 5.82 Å². The first-order valence-corrected chi connectivity index (χ1v) is 3.88. The van der Waals surface area contributed by atoms with Gasteiger partial charge in [-0.15, -0.1) is 0 Å². The van der Waals surface area contributed by atoms with Gasteiger partial charge in [0.05, 0.1) is 7.11 Å². The summed E-state index contributed by atoms with van der Waals surface area (Å²) in [6, 6.07) is 2.62. The van der Waals surface area contributed by atoms with E-state index in [0.29, 0.717) is 11.1 Å². The fourth-order valence-corrected chi connectivity index (χ4v) is 1.23. The van der Waals surface area contributed by atoms with E-state index in [-0.39, 0.29) is 11.1 Å². The molecule has 0 amide bonds. The highest BCUT2D eigenvalue weighted by Crippen LogP contribution is 2.26. The SMILES string of the molecule is COc1cc2oc(Cl)nc2cc1F. The summed E-state index contributed by atoms with van der Waals surface area (Å²) in [5.74, 6) is -0.375. The molecule has 0 bridgehead atoms. The van der Waals surface area contributed by atoms with Crippen LogP contribution in [0, 0.1) is 5.82 Å². The molecule has 1 heterocycles. The van der Waals surface area contributed by atoms with E-state index in [1.807, 2.05) is 0 Å². The Morgan fingerprint density at radius 2 is 2.31 bits per heavy atom. The molecular formula is C8H5ClFNO2. The summed E-state index contributed by atoms with van der Waals surface area (Å²) in [6.45, 7) is 0. The van der Waals surface area contributed by atoms with Gasteiger partial charge in [0.15, 0.2) is 17.1 Å². The molecule has 1 aromatic carbocycles. The number of rotatable bonds is 1. The molecule has 68 valence electrons. The van der Waals surface area contributed by atoms with Crippen LogP contribution in [0.5, 0.6) is 5.75 Å². The Bertz CT molecular complexity index is 455. The molecule has 0 spiro atoms. The smallest absolute Gasteiger partial charge is 0.293 e. The molecule has 2 aromatic rings. The lowest BCUT2D eigenvalue weighted by molar-refractivity contribution is 0.386. The van der Waals surface area contributed by atoms with E-state index >= 15 is 0 Å². The van der Waals surface area contributed by atoms with E-state index in [1.165, 1.54) is 19.2 Å². The number of benzene rings is 1. The first kappa shape index (κ1) is 8.31. The molecule has 0 saturated carbocycles. The van der Waals surface area contributed by atoms with Gasteiger partial charge in [-0.3, -0.25) is 0 Å². The van der Waals surface area contributed by atoms with Crippen molar-refractivity contribution in [2.75, 3.05) is 7.11 Å². The number of aromatic nitrogens is 1. The molecule has 0 fully saturated rings. The van der Waals surface area contributed by atoms with Gasteiger partial charge in [0.25, 0.3) is 5.35 Å². The molecule has 1 aromatic heterocycles. The maximum absolute atomic E-state index is 13.1. The number of halogens is 2. The van der Waals surface area contributed by atoms with Crippen LogP contribution in [0.3, 0.4) is 0 Å². The summed E-state index contributed by atoms with van der Waals surface area (Å²) < 4.78 is 22.8. The normalized spacial score (nSPS) is 10.7. The van der Waals surface area contributed by atoms with E-state index in [2.05, 4.69) is 4.98 Å². The molecule has 0 aliphatic rings. The fraction of sp³-hybridized carbons (Fsp3) is 0.125. The Morgan fingerprint density at radius 1 is 1.54 bits per heavy atom. The monoisotopic (exact) mass is 201 g/mol. The van der Waals surface area contributed by atoms with Gasteiger partial charge in [-0.25, -0.2) is 4.39 Å². The number of hydrogen-bond acceptors (Lipinski definition) is 3. The maximum Gasteiger partial charge on any atom is 0.293 e. The largest absolute Gasteiger partial charge is 0.494 e. The molecule has 3 nitrogen and oxygen atoms in total. The van der Waals surface area contributed by atoms with E-state index in [9.17, 15) is 4.39 Å². The zero-order valence-electron chi connectivity index (χ0n) is 6.67. The quantitative estimate of drug-likeness (QED) is 0.712. The van der Waals surface area contributed by atoms with Crippen molar-refractivity contribution in [3.8, 4) is 5.75 Å². The Hall–Kier alpha value is -1.29. The maximum atomic E-state index is 13.1. The third kappa shape index (κ3) is 1.33. The van der Waals surface area contributed by atoms with E-state index in [4.69, 9.17) is 20.8 Å². The number of oxazole rings is 1. The van der Waals surface area contributed by atoms with Gasteiger partial charge in [-0.2, -0.15) is 4.98 Å². The van der Waals surface area contributed by atoms with Gasteiger partial charge in [0, 0.05) is 12.1 Å². The van der Waals surface area contributed by atoms with Crippen molar-refractivity contribution < 1.29 is 13.5 Å². The van der Waals surface area contributed by atoms with Gasteiger partial charge in [-0.05, 0) is 11.6 Å². The van der Waals surface area contributed by atoms with Crippen LogP contribution >= 0.6 is 11.6 Å². The van der Waals surface area contributed by atoms with Crippen molar-refractivity contribution in [1.29, 1.82) is 0 Å². The third-order valence-corrected chi connectivity index (χ3v) is 1.80. The molecule has 0 N–H and O–H groups in total. The van der Waals surface area contributed by atoms with Crippen LogP contribution in [0.15, 0.2) is 16.5 Å². The summed E-state index contributed by atoms with van der Waals surface area (Å²) in [5.41, 5.74) is 0.784. The minimum Gasteiger partial charge on any atom is -0.494 e. The predicted molar refractivity (Wildman–Crippen MR) is 45.5 cm³/mol. The zero-order chi connectivity index (χ0) is 9.42. The van der Waals surface area contributed by atoms with Crippen LogP contribution in [-0.2, 0) is 0 Å². The van der Waals surface area contributed by atoms with Crippen LogP contribution in [0.1, 0.15) is 0 Å². The fourth-order valence-electron chi connectivity index (χ4n) is 1.06. The summed E-state index contributed by atoms with van der Waals surface area (Å²) in [7, 11) is 1.38. The van der Waals surface area contributed by atoms with Gasteiger partial charge < -0.3 is 9.15 Å². The Balaban J connectivity index is 2.72. The molecule has 0 radical (unpaired) electrons. The zero-order valence-corrected chi connectivity index (χ0v) is 7.43. The van der Waals surface area contributed by atoms with Crippen molar-refractivity contribution in [3.63, 3.8) is 0 Å². The molecule has 0 aliphatic heterocycles. The van der Waals surface area contributed by atoms with E-state index in [0.717, 1.165) is 0 Å². The Kier molecular flexibility index (Phi) is 1.84. The number of ether oxygens (including phenoxy) is 1. The number of methoxy groups -OCH3 is 1. The molecule has 0 aliphatic carbocycles. The van der Waals surface area contributed by atoms with Gasteiger partial charge in [0.2, 0.25) is 0 Å². The van der Waals surface area contributed by atoms with Crippen molar-refractivity contribution in [1.82, 2.24) is 4.98 Å². The van der Waals surface area contributed by atoms with Crippen LogP contribution in [-0.4, -0.2) is 12.1 Å². The van der Waals surface area contributed by atoms with E-state index in [1.54, 1.807) is 0 Å². The molecular weight excluding hydrogens is 197 g/mol. The molecule has 0 saturated heterocycles. The highest BCUT2D eigenvalue weighted by atomic mass is 35.5. The summed E-state index contributed by atoms with van der Waals surface area (Å²) in [6.07, 6.45) is 0. The van der Waals surface area contributed by atoms with Crippen LogP contribution in [0.25, 0.3) is 11.1 Å². The van der Waals surface area contributed by atoms with Gasteiger partial charge >= 0.3 is 0 Å². The lowest BCUT2D eigenvalue weighted by Crippen LogP contribution is -1.86. The first-order valence-electron chi connectivity index (χ1n) is 3.50. The van der Waals surface area contributed by atoms with Crippen molar-refractivity contribution in [2.45, 2.75) is 0 Å². The average molecular weight is 202 g/mol. The van der Waals surface area contributed by atoms with Gasteiger partial charge in [-0.1, -0.05) is 0 Å². The predicted octanol–water partition coefficient (Wildman–Crippen LogP) is 2.63. The molecule has 2 rings (SSSR count). The second-order valence-electron chi connectivity index (χ2n) is 2.42. The summed E-state index contributed by atoms with van der Waals surface area (Å²) >= 11 is 5.49. The molecule has 0 atom stereocenters. The lowest BCUT2D eigenvalue weighted by atomic mass is 10.3. The molecule has 5 heteroatoms. The standard InChI is InChI=1S/C8H5ClFNO2/c1-12-6-3-7-5(2-4(6)10)11-8(9)13-7/h2-3H,1H3. The van der Waals surface area contributed by atoms with Crippen LogP contribution in [0.4, 0.5) is 4.39 Å². The van der Waals surface area contributed by atoms with Crippen LogP contribution < -0.4 is 4.74 Å². The minimum atomic E-state index is -0.486. The lowest BCUT2D eigenvalue weighted by Gasteiger charge is -1.98. The highest BCUT2D eigenvalue weighted by molar-refractivity contribution is 6.28. The molecule has 0 unspecified atom stereocenters. The summed E-state index contributed by atoms with van der Waals surface area (Å²) in [4.78, 5) is 3.75. The third-order valence-electron chi connectivity index (χ3n) is 1.64. The second kappa shape index (κ2) is 2.88. The highest BCUT2D eigenvalue weighted by Gasteiger charge is 2.09. The number of hydrogen-bond donors (Lipinski definition) is 0. The first-order chi connectivity index (χ1) is 6.20. The van der Waals surface area contributed by atoms with Crippen LogP contribution in [0.2, 0.25) is 5.35 Å². The van der Waals surface area contributed by atoms with Crippen molar-refractivity contribution >= 4 is 22.7 Å². The van der Waals surface area contributed by atoms with Gasteiger partial charge in [0.1, 0.15) is 5.52 Å². The topological polar surface area (TPSA) is 35.3 Å². The minimum absolute atomic E-state index is 0.0114. The summed E-state index contributed by atoms with van der Waals surface area (Å²) in [5, 5.41) is -0.0114. The Labute approximate surface area is 78.1 Å². The molecule has 13 heavy (non-hydrogen) atoms.